The maximum absolute atomic E-state index is 11.2. The van der Waals surface area contributed by atoms with Crippen LogP contribution in [0.15, 0.2) is 36.0 Å². The molecule has 1 aromatic heterocycles. The first-order valence-electron chi connectivity index (χ1n) is 8.80. The number of piperidine rings is 1. The number of aromatic nitrogens is 1. The molecular weight excluding hydrogens is 314 g/mol. The van der Waals surface area contributed by atoms with Gasteiger partial charge in [0.25, 0.3) is 5.69 Å². The van der Waals surface area contributed by atoms with E-state index in [0.29, 0.717) is 0 Å². The van der Waals surface area contributed by atoms with Crippen LogP contribution in [-0.4, -0.2) is 23.0 Å². The number of nitrogens with one attached hydrogen (secondary N) is 1. The number of fused-ring (bicyclic) bond motifs is 2. The second-order valence-corrected chi connectivity index (χ2v) is 6.85. The fraction of sp³-hybridized carbons (Fsp3) is 0.350. The molecule has 0 amide bonds. The molecule has 25 heavy (non-hydrogen) atoms. The van der Waals surface area contributed by atoms with E-state index in [-0.39, 0.29) is 10.6 Å². The molecule has 0 atom stereocenters. The van der Waals surface area contributed by atoms with Crippen LogP contribution < -0.4 is 5.32 Å². The van der Waals surface area contributed by atoms with Crippen molar-refractivity contribution in [1.29, 1.82) is 0 Å². The molecule has 1 aromatic carbocycles. The van der Waals surface area contributed by atoms with E-state index in [0.717, 1.165) is 50.0 Å². The molecule has 2 aromatic rings. The molecule has 1 saturated heterocycles. The summed E-state index contributed by atoms with van der Waals surface area (Å²) in [6.45, 7) is 4.06. The molecule has 1 fully saturated rings. The zero-order valence-electron chi connectivity index (χ0n) is 14.3. The van der Waals surface area contributed by atoms with Gasteiger partial charge in [-0.25, -0.2) is 4.98 Å². The first-order valence-corrected chi connectivity index (χ1v) is 8.80. The maximum atomic E-state index is 11.2. The van der Waals surface area contributed by atoms with Crippen LogP contribution in [0, 0.1) is 17.0 Å². The lowest BCUT2D eigenvalue weighted by molar-refractivity contribution is -0.385. The van der Waals surface area contributed by atoms with E-state index in [4.69, 9.17) is 0 Å². The molecule has 1 N–H and O–H groups in total. The second kappa shape index (κ2) is 6.41. The molecule has 5 heteroatoms. The van der Waals surface area contributed by atoms with E-state index < -0.39 is 0 Å². The van der Waals surface area contributed by atoms with Gasteiger partial charge in [0.1, 0.15) is 6.20 Å². The van der Waals surface area contributed by atoms with Crippen molar-refractivity contribution in [2.24, 2.45) is 0 Å². The highest BCUT2D eigenvalue weighted by Gasteiger charge is 2.25. The van der Waals surface area contributed by atoms with Gasteiger partial charge in [0, 0.05) is 11.6 Å². The summed E-state index contributed by atoms with van der Waals surface area (Å²) < 4.78 is 0. The third kappa shape index (κ3) is 2.96. The largest absolute Gasteiger partial charge is 0.316 e. The predicted molar refractivity (Wildman–Crippen MR) is 97.6 cm³/mol. The smallest absolute Gasteiger partial charge is 0.287 e. The predicted octanol–water partition coefficient (Wildman–Crippen LogP) is 3.58. The van der Waals surface area contributed by atoms with Crippen LogP contribution in [0.25, 0.3) is 5.57 Å². The van der Waals surface area contributed by atoms with Crippen molar-refractivity contribution in [3.8, 4) is 0 Å². The van der Waals surface area contributed by atoms with E-state index in [1.807, 2.05) is 0 Å². The van der Waals surface area contributed by atoms with Gasteiger partial charge in [0.05, 0.1) is 10.6 Å². The summed E-state index contributed by atoms with van der Waals surface area (Å²) >= 11 is 0. The number of nitrogens with zero attached hydrogens (tertiary/aromatic N) is 2. The zero-order chi connectivity index (χ0) is 17.4. The van der Waals surface area contributed by atoms with Gasteiger partial charge in [-0.15, -0.1) is 0 Å². The highest BCUT2D eigenvalue weighted by Crippen LogP contribution is 2.38. The topological polar surface area (TPSA) is 68.1 Å². The van der Waals surface area contributed by atoms with Crippen molar-refractivity contribution in [1.82, 2.24) is 10.3 Å². The Kier molecular flexibility index (Phi) is 4.09. The van der Waals surface area contributed by atoms with Crippen LogP contribution >= 0.6 is 0 Å². The van der Waals surface area contributed by atoms with E-state index in [1.54, 1.807) is 6.07 Å². The van der Waals surface area contributed by atoms with E-state index >= 15 is 0 Å². The maximum Gasteiger partial charge on any atom is 0.287 e. The van der Waals surface area contributed by atoms with Gasteiger partial charge in [0.15, 0.2) is 0 Å². The van der Waals surface area contributed by atoms with E-state index in [2.05, 4.69) is 35.4 Å². The molecule has 0 spiro atoms. The normalized spacial score (nSPS) is 16.8. The number of nitro groups is 1. The molecule has 128 valence electrons. The Balaban J connectivity index is 1.95. The molecule has 1 aliphatic carbocycles. The third-order valence-corrected chi connectivity index (χ3v) is 5.15. The monoisotopic (exact) mass is 335 g/mol. The lowest BCUT2D eigenvalue weighted by Gasteiger charge is -2.21. The Morgan fingerprint density at radius 3 is 2.60 bits per heavy atom. The lowest BCUT2D eigenvalue weighted by atomic mass is 9.88. The van der Waals surface area contributed by atoms with Crippen molar-refractivity contribution < 1.29 is 4.92 Å². The number of hydrogen-bond donors (Lipinski definition) is 1. The summed E-state index contributed by atoms with van der Waals surface area (Å²) in [5.41, 5.74) is 8.44. The molecule has 4 rings (SSSR count). The van der Waals surface area contributed by atoms with Crippen molar-refractivity contribution in [2.75, 3.05) is 13.1 Å². The van der Waals surface area contributed by atoms with Gasteiger partial charge in [-0.1, -0.05) is 29.3 Å². The molecule has 0 radical (unpaired) electrons. The SMILES string of the molecule is Cc1ccc2c(c1)CCc1cc([N+](=O)[O-])cnc1C2=C1CCNCC1. The summed E-state index contributed by atoms with van der Waals surface area (Å²) in [5, 5.41) is 14.6. The molecule has 2 heterocycles. The number of hydrogen-bond acceptors (Lipinski definition) is 4. The highest BCUT2D eigenvalue weighted by atomic mass is 16.6. The standard InChI is InChI=1S/C20H21N3O2/c1-13-2-5-18-15(10-13)3-4-16-11-17(23(24)25)12-22-20(16)19(18)14-6-8-21-9-7-14/h2,5,10-12,21H,3-4,6-9H2,1H3. The van der Waals surface area contributed by atoms with Crippen LogP contribution in [0.2, 0.25) is 0 Å². The minimum Gasteiger partial charge on any atom is -0.316 e. The highest BCUT2D eigenvalue weighted by molar-refractivity contribution is 5.84. The van der Waals surface area contributed by atoms with Crippen molar-refractivity contribution in [3.63, 3.8) is 0 Å². The Bertz CT molecular complexity index is 879. The first kappa shape index (κ1) is 16.0. The average molecular weight is 335 g/mol. The van der Waals surface area contributed by atoms with Crippen molar-refractivity contribution >= 4 is 11.3 Å². The lowest BCUT2D eigenvalue weighted by Crippen LogP contribution is -2.24. The number of rotatable bonds is 1. The summed E-state index contributed by atoms with van der Waals surface area (Å²) in [5.74, 6) is 0. The third-order valence-electron chi connectivity index (χ3n) is 5.15. The molecule has 2 aliphatic rings. The Hall–Kier alpha value is -2.53. The van der Waals surface area contributed by atoms with Gasteiger partial charge in [0.2, 0.25) is 0 Å². The van der Waals surface area contributed by atoms with Crippen LogP contribution in [-0.2, 0) is 12.8 Å². The summed E-state index contributed by atoms with van der Waals surface area (Å²) in [7, 11) is 0. The van der Waals surface area contributed by atoms with Crippen LogP contribution in [0.4, 0.5) is 5.69 Å². The van der Waals surface area contributed by atoms with Gasteiger partial charge in [-0.05, 0) is 62.4 Å². The minimum atomic E-state index is -0.354. The van der Waals surface area contributed by atoms with Crippen molar-refractivity contribution in [2.45, 2.75) is 32.6 Å². The first-order chi connectivity index (χ1) is 12.1. The van der Waals surface area contributed by atoms with Gasteiger partial charge < -0.3 is 5.32 Å². The van der Waals surface area contributed by atoms with Crippen LogP contribution in [0.5, 0.6) is 0 Å². The summed E-state index contributed by atoms with van der Waals surface area (Å²) in [6, 6.07) is 8.31. The number of pyridine rings is 1. The summed E-state index contributed by atoms with van der Waals surface area (Å²) in [6.07, 6.45) is 5.08. The molecular formula is C20H21N3O2. The molecule has 0 saturated carbocycles. The van der Waals surface area contributed by atoms with Crippen LogP contribution in [0.3, 0.4) is 0 Å². The molecule has 0 unspecified atom stereocenters. The number of aryl methyl sites for hydroxylation is 3. The fourth-order valence-corrected chi connectivity index (χ4v) is 3.92. The Morgan fingerprint density at radius 2 is 1.84 bits per heavy atom. The zero-order valence-corrected chi connectivity index (χ0v) is 14.3. The average Bonchev–Trinajstić information content (AvgIpc) is 2.78. The second-order valence-electron chi connectivity index (χ2n) is 6.85. The molecule has 5 nitrogen and oxygen atoms in total. The van der Waals surface area contributed by atoms with Gasteiger partial charge >= 0.3 is 0 Å². The minimum absolute atomic E-state index is 0.0792. The Labute approximate surface area is 146 Å². The fourth-order valence-electron chi connectivity index (χ4n) is 3.92. The van der Waals surface area contributed by atoms with Gasteiger partial charge in [-0.2, -0.15) is 0 Å². The number of benzene rings is 1. The molecule has 0 bridgehead atoms. The van der Waals surface area contributed by atoms with Crippen LogP contribution in [0.1, 0.15) is 40.8 Å². The van der Waals surface area contributed by atoms with Crippen molar-refractivity contribution in [3.05, 3.63) is 74.1 Å². The van der Waals surface area contributed by atoms with E-state index in [1.165, 1.54) is 34.0 Å². The Morgan fingerprint density at radius 1 is 1.08 bits per heavy atom. The van der Waals surface area contributed by atoms with Gasteiger partial charge in [-0.3, -0.25) is 10.1 Å². The van der Waals surface area contributed by atoms with E-state index in [9.17, 15) is 10.1 Å². The quantitative estimate of drug-likeness (QED) is 0.639. The summed E-state index contributed by atoms with van der Waals surface area (Å²) in [4.78, 5) is 15.4. The molecule has 1 aliphatic heterocycles.